The molecule has 0 unspecified atom stereocenters. The second-order valence-corrected chi connectivity index (χ2v) is 4.76. The lowest BCUT2D eigenvalue weighted by Gasteiger charge is -2.13. The molecule has 0 spiro atoms. The molecule has 0 saturated carbocycles. The lowest BCUT2D eigenvalue weighted by atomic mass is 10.1. The summed E-state index contributed by atoms with van der Waals surface area (Å²) in [6, 6.07) is 3.48. The van der Waals surface area contributed by atoms with Crippen molar-refractivity contribution in [3.05, 3.63) is 23.3 Å². The van der Waals surface area contributed by atoms with Crippen molar-refractivity contribution in [3.63, 3.8) is 0 Å². The number of unbranched alkanes of at least 4 members (excludes halogenated alkanes) is 1. The summed E-state index contributed by atoms with van der Waals surface area (Å²) in [7, 11) is 4.68. The van der Waals surface area contributed by atoms with Crippen LogP contribution in [-0.4, -0.2) is 33.9 Å². The van der Waals surface area contributed by atoms with Gasteiger partial charge in [0, 0.05) is 17.7 Å². The molecule has 5 heteroatoms. The van der Waals surface area contributed by atoms with E-state index in [9.17, 15) is 4.79 Å². The molecule has 0 aliphatic rings. The van der Waals surface area contributed by atoms with Gasteiger partial charge in [0.25, 0.3) is 0 Å². The normalized spacial score (nSPS) is 11.0. The fourth-order valence-corrected chi connectivity index (χ4v) is 1.87. The van der Waals surface area contributed by atoms with Crippen molar-refractivity contribution in [2.24, 2.45) is 0 Å². The maximum atomic E-state index is 11.9. The molecule has 0 heterocycles. The third-order valence-electron chi connectivity index (χ3n) is 3.17. The van der Waals surface area contributed by atoms with Gasteiger partial charge in [-0.3, -0.25) is 0 Å². The Morgan fingerprint density at radius 1 is 1.09 bits per heavy atom. The lowest BCUT2D eigenvalue weighted by Crippen LogP contribution is -2.07. The molecule has 0 fully saturated rings. The molecular weight excluding hydrogens is 284 g/mol. The quantitative estimate of drug-likeness (QED) is 0.418. The van der Waals surface area contributed by atoms with Crippen LogP contribution in [0, 0.1) is 0 Å². The zero-order chi connectivity index (χ0) is 16.5. The van der Waals surface area contributed by atoms with Gasteiger partial charge in [0.15, 0.2) is 0 Å². The van der Waals surface area contributed by atoms with Gasteiger partial charge in [-0.25, -0.2) is 4.79 Å². The van der Waals surface area contributed by atoms with E-state index in [1.807, 2.05) is 6.92 Å². The summed E-state index contributed by atoms with van der Waals surface area (Å²) >= 11 is 0. The Morgan fingerprint density at radius 3 is 2.14 bits per heavy atom. The summed E-state index contributed by atoms with van der Waals surface area (Å²) in [4.78, 5) is 11.9. The third kappa shape index (κ3) is 4.69. The molecule has 0 atom stereocenters. The molecule has 1 aromatic carbocycles. The molecule has 0 aliphatic heterocycles. The maximum Gasteiger partial charge on any atom is 0.333 e. The molecule has 1 aromatic rings. The number of carbonyl (C=O) groups excluding carboxylic acids is 1. The highest BCUT2D eigenvalue weighted by molar-refractivity contribution is 5.94. The molecule has 0 amide bonds. The van der Waals surface area contributed by atoms with Crippen molar-refractivity contribution >= 4 is 12.0 Å². The minimum Gasteiger partial charge on any atom is -0.496 e. The number of benzene rings is 1. The van der Waals surface area contributed by atoms with Crippen LogP contribution in [0.25, 0.3) is 6.08 Å². The van der Waals surface area contributed by atoms with Crippen LogP contribution < -0.4 is 14.2 Å². The summed E-state index contributed by atoms with van der Waals surface area (Å²) in [5, 5.41) is 0. The molecule has 5 nitrogen and oxygen atoms in total. The Bertz CT molecular complexity index is 509. The van der Waals surface area contributed by atoms with Gasteiger partial charge in [-0.05, 0) is 19.4 Å². The van der Waals surface area contributed by atoms with Crippen LogP contribution in [0.15, 0.2) is 17.7 Å². The molecule has 122 valence electrons. The fraction of sp³-hybridized carbons (Fsp3) is 0.471. The van der Waals surface area contributed by atoms with E-state index in [1.54, 1.807) is 46.5 Å². The van der Waals surface area contributed by atoms with Gasteiger partial charge < -0.3 is 18.9 Å². The van der Waals surface area contributed by atoms with Gasteiger partial charge >= 0.3 is 5.97 Å². The van der Waals surface area contributed by atoms with Crippen molar-refractivity contribution in [1.29, 1.82) is 0 Å². The number of hydrogen-bond donors (Lipinski definition) is 0. The molecule has 0 aliphatic carbocycles. The van der Waals surface area contributed by atoms with Gasteiger partial charge in [0.1, 0.15) is 17.2 Å². The van der Waals surface area contributed by atoms with E-state index < -0.39 is 0 Å². The average Bonchev–Trinajstić information content (AvgIpc) is 2.54. The zero-order valence-electron chi connectivity index (χ0n) is 13.9. The van der Waals surface area contributed by atoms with Crippen molar-refractivity contribution < 1.29 is 23.7 Å². The smallest absolute Gasteiger partial charge is 0.333 e. The largest absolute Gasteiger partial charge is 0.496 e. The summed E-state index contributed by atoms with van der Waals surface area (Å²) in [6.07, 6.45) is 3.54. The number of esters is 1. The van der Waals surface area contributed by atoms with Crippen molar-refractivity contribution in [2.45, 2.75) is 26.7 Å². The van der Waals surface area contributed by atoms with E-state index in [0.29, 0.717) is 35.0 Å². The fourth-order valence-electron chi connectivity index (χ4n) is 1.87. The zero-order valence-corrected chi connectivity index (χ0v) is 13.9. The molecule has 0 radical (unpaired) electrons. The molecule has 0 N–H and O–H groups in total. The molecule has 0 saturated heterocycles. The molecular formula is C17H24O5. The van der Waals surface area contributed by atoms with Gasteiger partial charge in [-0.2, -0.15) is 0 Å². The first-order chi connectivity index (χ1) is 10.6. The Balaban J connectivity index is 3.08. The SMILES string of the molecule is CCCCOC(=O)C(C)=Cc1c(OC)cc(OC)cc1OC. The molecule has 22 heavy (non-hydrogen) atoms. The topological polar surface area (TPSA) is 54.0 Å². The van der Waals surface area contributed by atoms with Crippen LogP contribution in [0.2, 0.25) is 0 Å². The third-order valence-corrected chi connectivity index (χ3v) is 3.17. The minimum atomic E-state index is -0.339. The van der Waals surface area contributed by atoms with Crippen LogP contribution in [0.1, 0.15) is 32.3 Å². The average molecular weight is 308 g/mol. The lowest BCUT2D eigenvalue weighted by molar-refractivity contribution is -0.138. The van der Waals surface area contributed by atoms with Crippen molar-refractivity contribution in [3.8, 4) is 17.2 Å². The van der Waals surface area contributed by atoms with E-state index in [0.717, 1.165) is 12.8 Å². The first-order valence-electron chi connectivity index (χ1n) is 7.22. The minimum absolute atomic E-state index is 0.339. The Hall–Kier alpha value is -2.17. The Morgan fingerprint density at radius 2 is 1.68 bits per heavy atom. The second kappa shape index (κ2) is 8.97. The predicted octanol–water partition coefficient (Wildman–Crippen LogP) is 3.46. The summed E-state index contributed by atoms with van der Waals surface area (Å²) < 4.78 is 21.1. The maximum absolute atomic E-state index is 11.9. The number of methoxy groups -OCH3 is 3. The summed E-state index contributed by atoms with van der Waals surface area (Å²) in [5.41, 5.74) is 1.16. The number of carbonyl (C=O) groups is 1. The second-order valence-electron chi connectivity index (χ2n) is 4.76. The Labute approximate surface area is 131 Å². The predicted molar refractivity (Wildman–Crippen MR) is 85.6 cm³/mol. The number of ether oxygens (including phenoxy) is 4. The van der Waals surface area contributed by atoms with Crippen molar-refractivity contribution in [1.82, 2.24) is 0 Å². The van der Waals surface area contributed by atoms with Crippen molar-refractivity contribution in [2.75, 3.05) is 27.9 Å². The van der Waals surface area contributed by atoms with Crippen LogP contribution >= 0.6 is 0 Å². The molecule has 1 rings (SSSR count). The highest BCUT2D eigenvalue weighted by Crippen LogP contribution is 2.35. The number of rotatable bonds is 8. The van der Waals surface area contributed by atoms with Gasteiger partial charge in [-0.15, -0.1) is 0 Å². The molecule has 0 bridgehead atoms. The van der Waals surface area contributed by atoms with Crippen LogP contribution in [0.5, 0.6) is 17.2 Å². The Kier molecular flexibility index (Phi) is 7.29. The number of hydrogen-bond acceptors (Lipinski definition) is 5. The van der Waals surface area contributed by atoms with Gasteiger partial charge in [-0.1, -0.05) is 13.3 Å². The van der Waals surface area contributed by atoms with E-state index >= 15 is 0 Å². The first kappa shape index (κ1) is 17.9. The van der Waals surface area contributed by atoms with E-state index in [2.05, 4.69) is 0 Å². The molecule has 0 aromatic heterocycles. The first-order valence-corrected chi connectivity index (χ1v) is 7.22. The van der Waals surface area contributed by atoms with Gasteiger partial charge in [0.05, 0.1) is 33.5 Å². The standard InChI is InChI=1S/C17H24O5/c1-6-7-8-22-17(18)12(2)9-14-15(20-4)10-13(19-3)11-16(14)21-5/h9-11H,6-8H2,1-5H3. The summed E-state index contributed by atoms with van der Waals surface area (Å²) in [6.45, 7) is 4.18. The summed E-state index contributed by atoms with van der Waals surface area (Å²) in [5.74, 6) is 1.41. The van der Waals surface area contributed by atoms with Crippen LogP contribution in [0.3, 0.4) is 0 Å². The highest BCUT2D eigenvalue weighted by atomic mass is 16.5. The van der Waals surface area contributed by atoms with E-state index in [1.165, 1.54) is 0 Å². The van der Waals surface area contributed by atoms with Gasteiger partial charge in [0.2, 0.25) is 0 Å². The monoisotopic (exact) mass is 308 g/mol. The van der Waals surface area contributed by atoms with Crippen LogP contribution in [0.4, 0.5) is 0 Å². The van der Waals surface area contributed by atoms with E-state index in [-0.39, 0.29) is 5.97 Å². The van der Waals surface area contributed by atoms with E-state index in [4.69, 9.17) is 18.9 Å². The highest BCUT2D eigenvalue weighted by Gasteiger charge is 2.14. The van der Waals surface area contributed by atoms with Crippen LogP contribution in [-0.2, 0) is 9.53 Å².